The van der Waals surface area contributed by atoms with E-state index in [2.05, 4.69) is 0 Å². The van der Waals surface area contributed by atoms with Gasteiger partial charge in [0.1, 0.15) is 22.1 Å². The number of aromatic hydroxyl groups is 1. The summed E-state index contributed by atoms with van der Waals surface area (Å²) in [5, 5.41) is 20.3. The number of nitro benzene ring substituents is 1. The molecule has 8 nitrogen and oxygen atoms in total. The highest BCUT2D eigenvalue weighted by Gasteiger charge is 2.18. The second-order valence-electron chi connectivity index (χ2n) is 4.87. The van der Waals surface area contributed by atoms with Crippen molar-refractivity contribution in [3.05, 3.63) is 51.6 Å². The van der Waals surface area contributed by atoms with Crippen LogP contribution in [0.2, 0.25) is 0 Å². The van der Waals surface area contributed by atoms with Crippen LogP contribution >= 0.6 is 0 Å². The van der Waals surface area contributed by atoms with Gasteiger partial charge in [0.05, 0.1) is 4.92 Å². The van der Waals surface area contributed by atoms with E-state index >= 15 is 0 Å². The Morgan fingerprint density at radius 2 is 1.70 bits per heavy atom. The van der Waals surface area contributed by atoms with E-state index < -0.39 is 25.7 Å². The van der Waals surface area contributed by atoms with Crippen LogP contribution < -0.4 is 4.74 Å². The van der Waals surface area contributed by atoms with Crippen molar-refractivity contribution in [2.75, 3.05) is 0 Å². The summed E-state index contributed by atoms with van der Waals surface area (Å²) < 4.78 is 37.0. The lowest BCUT2D eigenvalue weighted by Gasteiger charge is -2.12. The molecule has 2 N–H and O–H groups in total. The SMILES string of the molecule is Cc1cc([N+](=O)[O-])cc(C)c1Oc1ccc(O)c(S(=O)(=O)O)c1. The highest BCUT2D eigenvalue weighted by atomic mass is 32.2. The van der Waals surface area contributed by atoms with E-state index in [-0.39, 0.29) is 11.4 Å². The fourth-order valence-corrected chi connectivity index (χ4v) is 2.67. The Balaban J connectivity index is 2.46. The van der Waals surface area contributed by atoms with Crippen LogP contribution in [0.4, 0.5) is 5.69 Å². The molecule has 122 valence electrons. The predicted octanol–water partition coefficient (Wildman–Crippen LogP) is 2.96. The van der Waals surface area contributed by atoms with Gasteiger partial charge in [-0.05, 0) is 37.1 Å². The van der Waals surface area contributed by atoms with Crippen molar-refractivity contribution in [3.8, 4) is 17.2 Å². The maximum absolute atomic E-state index is 11.2. The van der Waals surface area contributed by atoms with Gasteiger partial charge in [0, 0.05) is 18.2 Å². The van der Waals surface area contributed by atoms with Crippen LogP contribution in [0.15, 0.2) is 35.2 Å². The second-order valence-corrected chi connectivity index (χ2v) is 6.26. The van der Waals surface area contributed by atoms with Crippen LogP contribution in [0.1, 0.15) is 11.1 Å². The van der Waals surface area contributed by atoms with Crippen molar-refractivity contribution in [1.82, 2.24) is 0 Å². The average molecular weight is 339 g/mol. The Hall–Kier alpha value is -2.65. The Labute approximate surface area is 131 Å². The molecule has 2 aromatic carbocycles. The number of nitro groups is 1. The van der Waals surface area contributed by atoms with Crippen molar-refractivity contribution < 1.29 is 27.7 Å². The molecule has 0 spiro atoms. The first kappa shape index (κ1) is 16.7. The minimum atomic E-state index is -4.61. The van der Waals surface area contributed by atoms with Crippen molar-refractivity contribution in [2.45, 2.75) is 18.7 Å². The minimum Gasteiger partial charge on any atom is -0.506 e. The minimum absolute atomic E-state index is 0.0514. The molecule has 0 saturated heterocycles. The fraction of sp³-hybridized carbons (Fsp3) is 0.143. The average Bonchev–Trinajstić information content (AvgIpc) is 2.42. The van der Waals surface area contributed by atoms with Crippen molar-refractivity contribution in [2.24, 2.45) is 0 Å². The molecule has 0 aliphatic carbocycles. The Morgan fingerprint density at radius 3 is 2.17 bits per heavy atom. The Bertz CT molecular complexity index is 867. The van der Waals surface area contributed by atoms with E-state index in [0.717, 1.165) is 12.1 Å². The Morgan fingerprint density at radius 1 is 1.13 bits per heavy atom. The molecule has 0 saturated carbocycles. The third-order valence-electron chi connectivity index (χ3n) is 3.09. The molecule has 0 heterocycles. The maximum atomic E-state index is 11.2. The first-order valence-corrected chi connectivity index (χ1v) is 7.77. The van der Waals surface area contributed by atoms with Crippen LogP contribution in [0.25, 0.3) is 0 Å². The van der Waals surface area contributed by atoms with Gasteiger partial charge in [0.25, 0.3) is 15.8 Å². The summed E-state index contributed by atoms with van der Waals surface area (Å²) in [6.07, 6.45) is 0. The molecule has 0 aromatic heterocycles. The van der Waals surface area contributed by atoms with E-state index in [9.17, 15) is 23.6 Å². The Kier molecular flexibility index (Phi) is 4.26. The van der Waals surface area contributed by atoms with Gasteiger partial charge in [0.15, 0.2) is 0 Å². The number of phenols is 1. The largest absolute Gasteiger partial charge is 0.506 e. The van der Waals surface area contributed by atoms with Gasteiger partial charge in [-0.15, -0.1) is 0 Å². The molecule has 0 bridgehead atoms. The van der Waals surface area contributed by atoms with Gasteiger partial charge in [-0.25, -0.2) is 0 Å². The quantitative estimate of drug-likeness (QED) is 0.498. The second kappa shape index (κ2) is 5.86. The van der Waals surface area contributed by atoms with Crippen LogP contribution in [0.3, 0.4) is 0 Å². The molecule has 9 heteroatoms. The van der Waals surface area contributed by atoms with Crippen LogP contribution in [0.5, 0.6) is 17.2 Å². The number of aryl methyl sites for hydroxylation is 2. The van der Waals surface area contributed by atoms with Crippen molar-refractivity contribution in [3.63, 3.8) is 0 Å². The van der Waals surface area contributed by atoms with E-state index in [0.29, 0.717) is 16.9 Å². The molecule has 23 heavy (non-hydrogen) atoms. The lowest BCUT2D eigenvalue weighted by Crippen LogP contribution is -2.00. The molecule has 0 radical (unpaired) electrons. The van der Waals surface area contributed by atoms with Gasteiger partial charge in [-0.1, -0.05) is 0 Å². The van der Waals surface area contributed by atoms with Crippen LogP contribution in [0, 0.1) is 24.0 Å². The van der Waals surface area contributed by atoms with Crippen LogP contribution in [-0.2, 0) is 10.1 Å². The van der Waals surface area contributed by atoms with Gasteiger partial charge >= 0.3 is 0 Å². The lowest BCUT2D eigenvalue weighted by atomic mass is 10.1. The molecular weight excluding hydrogens is 326 g/mol. The highest BCUT2D eigenvalue weighted by Crippen LogP contribution is 2.34. The lowest BCUT2D eigenvalue weighted by molar-refractivity contribution is -0.385. The van der Waals surface area contributed by atoms with Crippen LogP contribution in [-0.4, -0.2) is 23.0 Å². The molecule has 0 aliphatic rings. The van der Waals surface area contributed by atoms with Crippen molar-refractivity contribution in [1.29, 1.82) is 0 Å². The zero-order valence-electron chi connectivity index (χ0n) is 12.2. The highest BCUT2D eigenvalue weighted by molar-refractivity contribution is 7.86. The van der Waals surface area contributed by atoms with E-state index in [1.807, 2.05) is 0 Å². The molecule has 2 rings (SSSR count). The number of phenolic OH excluding ortho intramolecular Hbond substituents is 1. The molecule has 0 fully saturated rings. The van der Waals surface area contributed by atoms with E-state index in [4.69, 9.17) is 9.29 Å². The standard InChI is InChI=1S/C14H13NO7S/c1-8-5-10(15(17)18)6-9(2)14(8)22-11-3-4-12(16)13(7-11)23(19,20)21/h3-7,16H,1-2H3,(H,19,20,21). The number of ether oxygens (including phenoxy) is 1. The molecule has 0 unspecified atom stereocenters. The number of rotatable bonds is 4. The van der Waals surface area contributed by atoms with E-state index in [1.54, 1.807) is 13.8 Å². The van der Waals surface area contributed by atoms with Gasteiger partial charge in [0.2, 0.25) is 0 Å². The summed E-state index contributed by atoms with van der Waals surface area (Å²) in [6.45, 7) is 3.22. The molecule has 0 amide bonds. The summed E-state index contributed by atoms with van der Waals surface area (Å²) in [6, 6.07) is 5.99. The third-order valence-corrected chi connectivity index (χ3v) is 3.97. The first-order chi connectivity index (χ1) is 10.6. The normalized spacial score (nSPS) is 11.3. The van der Waals surface area contributed by atoms with Crippen molar-refractivity contribution >= 4 is 15.8 Å². The zero-order valence-corrected chi connectivity index (χ0v) is 13.0. The third kappa shape index (κ3) is 3.58. The van der Waals surface area contributed by atoms with Gasteiger partial charge < -0.3 is 9.84 Å². The summed E-state index contributed by atoms with van der Waals surface area (Å²) in [5.74, 6) is -0.241. The molecule has 2 aromatic rings. The van der Waals surface area contributed by atoms with Gasteiger partial charge in [-0.3, -0.25) is 14.7 Å². The summed E-state index contributed by atoms with van der Waals surface area (Å²) in [4.78, 5) is 9.60. The molecule has 0 atom stereocenters. The maximum Gasteiger partial charge on any atom is 0.298 e. The topological polar surface area (TPSA) is 127 Å². The number of hydrogen-bond donors (Lipinski definition) is 2. The van der Waals surface area contributed by atoms with Gasteiger partial charge in [-0.2, -0.15) is 8.42 Å². The molecular formula is C14H13NO7S. The summed E-state index contributed by atoms with van der Waals surface area (Å²) >= 11 is 0. The smallest absolute Gasteiger partial charge is 0.298 e. The first-order valence-electron chi connectivity index (χ1n) is 6.33. The number of benzene rings is 2. The molecule has 0 aliphatic heterocycles. The zero-order chi connectivity index (χ0) is 17.4. The van der Waals surface area contributed by atoms with E-state index in [1.165, 1.54) is 18.2 Å². The number of nitrogens with zero attached hydrogens (tertiary/aromatic N) is 1. The number of hydrogen-bond acceptors (Lipinski definition) is 6. The summed E-state index contributed by atoms with van der Waals surface area (Å²) in [7, 11) is -4.61. The monoisotopic (exact) mass is 339 g/mol. The summed E-state index contributed by atoms with van der Waals surface area (Å²) in [5.41, 5.74) is 0.882. The predicted molar refractivity (Wildman–Crippen MR) is 80.6 cm³/mol. The fourth-order valence-electron chi connectivity index (χ4n) is 2.08. The number of non-ortho nitro benzene ring substituents is 1.